The first-order valence-electron chi connectivity index (χ1n) is 8.45. The van der Waals surface area contributed by atoms with E-state index in [1.165, 1.54) is 7.11 Å². The van der Waals surface area contributed by atoms with E-state index in [-0.39, 0.29) is 22.6 Å². The molecule has 0 atom stereocenters. The molecule has 1 aromatic heterocycles. The lowest BCUT2D eigenvalue weighted by Gasteiger charge is -2.10. The van der Waals surface area contributed by atoms with E-state index in [1.54, 1.807) is 54.6 Å². The van der Waals surface area contributed by atoms with Crippen molar-refractivity contribution in [1.82, 2.24) is 14.9 Å². The van der Waals surface area contributed by atoms with Crippen molar-refractivity contribution in [3.05, 3.63) is 60.2 Å². The summed E-state index contributed by atoms with van der Waals surface area (Å²) in [5.41, 5.74) is 0.429. The van der Waals surface area contributed by atoms with Crippen molar-refractivity contribution < 1.29 is 22.7 Å². The van der Waals surface area contributed by atoms with Gasteiger partial charge in [-0.05, 0) is 24.3 Å². The summed E-state index contributed by atoms with van der Waals surface area (Å²) in [6.07, 6.45) is 0. The van der Waals surface area contributed by atoms with Gasteiger partial charge in [0, 0.05) is 12.1 Å². The fraction of sp³-hybridized carbons (Fsp3) is 0.167. The second kappa shape index (κ2) is 9.45. The summed E-state index contributed by atoms with van der Waals surface area (Å²) >= 11 is 0.758. The number of para-hydroxylation sites is 2. The molecule has 0 saturated heterocycles. The van der Waals surface area contributed by atoms with Gasteiger partial charge in [0.15, 0.2) is 11.5 Å². The molecule has 3 aromatic rings. The van der Waals surface area contributed by atoms with Gasteiger partial charge in [-0.2, -0.15) is 0 Å². The summed E-state index contributed by atoms with van der Waals surface area (Å²) in [4.78, 5) is 12.1. The number of sulfonamides is 1. The predicted molar refractivity (Wildman–Crippen MR) is 108 cm³/mol. The average Bonchev–Trinajstić information content (AvgIpc) is 3.21. The number of benzene rings is 2. The number of nitrogens with zero attached hydrogens (tertiary/aromatic N) is 2. The van der Waals surface area contributed by atoms with E-state index in [0.29, 0.717) is 17.1 Å². The third-order valence-electron chi connectivity index (χ3n) is 3.61. The monoisotopic (exact) mass is 434 g/mol. The third-order valence-corrected chi connectivity index (χ3v) is 6.28. The lowest BCUT2D eigenvalue weighted by atomic mass is 10.2. The Kier molecular flexibility index (Phi) is 6.75. The SMILES string of the molecule is COc1ccccc1OCCNS(=O)(=O)c1nnc(NC(=O)c2ccccc2)s1. The summed E-state index contributed by atoms with van der Waals surface area (Å²) in [5, 5.41) is 9.97. The van der Waals surface area contributed by atoms with Crippen LogP contribution < -0.4 is 19.5 Å². The molecular weight excluding hydrogens is 416 g/mol. The first-order valence-corrected chi connectivity index (χ1v) is 10.7. The van der Waals surface area contributed by atoms with Crippen LogP contribution in [0.15, 0.2) is 58.9 Å². The molecule has 2 N–H and O–H groups in total. The number of hydrogen-bond donors (Lipinski definition) is 2. The van der Waals surface area contributed by atoms with Crippen molar-refractivity contribution in [2.24, 2.45) is 0 Å². The lowest BCUT2D eigenvalue weighted by Crippen LogP contribution is -2.28. The van der Waals surface area contributed by atoms with E-state index < -0.39 is 15.9 Å². The smallest absolute Gasteiger partial charge is 0.269 e. The first kappa shape index (κ1) is 20.7. The number of carbonyl (C=O) groups is 1. The minimum absolute atomic E-state index is 0.0195. The molecule has 0 radical (unpaired) electrons. The van der Waals surface area contributed by atoms with Gasteiger partial charge >= 0.3 is 0 Å². The largest absolute Gasteiger partial charge is 0.493 e. The van der Waals surface area contributed by atoms with E-state index in [2.05, 4.69) is 20.2 Å². The van der Waals surface area contributed by atoms with Crippen LogP contribution in [0.1, 0.15) is 10.4 Å². The average molecular weight is 434 g/mol. The highest BCUT2D eigenvalue weighted by Gasteiger charge is 2.21. The Bertz CT molecular complexity index is 1070. The van der Waals surface area contributed by atoms with Crippen molar-refractivity contribution in [1.29, 1.82) is 0 Å². The number of methoxy groups -OCH3 is 1. The Morgan fingerprint density at radius 3 is 2.45 bits per heavy atom. The van der Waals surface area contributed by atoms with E-state index >= 15 is 0 Å². The maximum Gasteiger partial charge on any atom is 0.269 e. The number of anilines is 1. The number of carbonyl (C=O) groups excluding carboxylic acids is 1. The van der Waals surface area contributed by atoms with Crippen molar-refractivity contribution >= 4 is 32.4 Å². The highest BCUT2D eigenvalue weighted by molar-refractivity contribution is 7.91. The van der Waals surface area contributed by atoms with Gasteiger partial charge in [0.25, 0.3) is 15.9 Å². The van der Waals surface area contributed by atoms with Crippen LogP contribution in [0.3, 0.4) is 0 Å². The van der Waals surface area contributed by atoms with Gasteiger partial charge in [-0.1, -0.05) is 41.7 Å². The van der Waals surface area contributed by atoms with Crippen molar-refractivity contribution in [3.8, 4) is 11.5 Å². The van der Waals surface area contributed by atoms with Crippen molar-refractivity contribution in [2.45, 2.75) is 4.34 Å². The van der Waals surface area contributed by atoms with Crippen LogP contribution in [0.25, 0.3) is 0 Å². The molecule has 0 aliphatic carbocycles. The molecule has 0 aliphatic heterocycles. The highest BCUT2D eigenvalue weighted by Crippen LogP contribution is 2.25. The molecule has 152 valence electrons. The van der Waals surface area contributed by atoms with Crippen molar-refractivity contribution in [3.63, 3.8) is 0 Å². The van der Waals surface area contributed by atoms with Gasteiger partial charge in [0.2, 0.25) is 9.47 Å². The normalized spacial score (nSPS) is 11.1. The molecule has 0 saturated carbocycles. The maximum atomic E-state index is 12.3. The van der Waals surface area contributed by atoms with Crippen LogP contribution in [0.5, 0.6) is 11.5 Å². The van der Waals surface area contributed by atoms with Gasteiger partial charge in [-0.25, -0.2) is 13.1 Å². The van der Waals surface area contributed by atoms with Gasteiger partial charge in [0.1, 0.15) is 6.61 Å². The van der Waals surface area contributed by atoms with Gasteiger partial charge in [-0.15, -0.1) is 10.2 Å². The Morgan fingerprint density at radius 2 is 1.72 bits per heavy atom. The number of rotatable bonds is 9. The number of aromatic nitrogens is 2. The minimum atomic E-state index is -3.88. The molecule has 3 rings (SSSR count). The van der Waals surface area contributed by atoms with Gasteiger partial charge in [0.05, 0.1) is 7.11 Å². The molecule has 0 bridgehead atoms. The zero-order valence-corrected chi connectivity index (χ0v) is 17.0. The number of ether oxygens (including phenoxy) is 2. The summed E-state index contributed by atoms with van der Waals surface area (Å²) in [6.45, 7) is 0.113. The Morgan fingerprint density at radius 1 is 1.03 bits per heavy atom. The standard InChI is InChI=1S/C18H18N4O5S2/c1-26-14-9-5-6-10-15(14)27-12-11-19-29(24,25)18-22-21-17(28-18)20-16(23)13-7-3-2-4-8-13/h2-10,19H,11-12H2,1H3,(H,20,21,23). The third kappa shape index (κ3) is 5.50. The first-order chi connectivity index (χ1) is 14.0. The van der Waals surface area contributed by atoms with Gasteiger partial charge < -0.3 is 9.47 Å². The molecule has 0 spiro atoms. The highest BCUT2D eigenvalue weighted by atomic mass is 32.2. The van der Waals surface area contributed by atoms with E-state index in [1.807, 2.05) is 0 Å². The molecule has 9 nitrogen and oxygen atoms in total. The zero-order valence-electron chi connectivity index (χ0n) is 15.4. The van der Waals surface area contributed by atoms with Crippen LogP contribution in [0, 0.1) is 0 Å². The Labute approximate surface area is 171 Å². The summed E-state index contributed by atoms with van der Waals surface area (Å²) < 4.78 is 37.5. The van der Waals surface area contributed by atoms with Crippen LogP contribution in [-0.4, -0.2) is 44.8 Å². The second-order valence-electron chi connectivity index (χ2n) is 5.59. The van der Waals surface area contributed by atoms with Gasteiger partial charge in [-0.3, -0.25) is 10.1 Å². The molecule has 1 heterocycles. The Balaban J connectivity index is 1.54. The second-order valence-corrected chi connectivity index (χ2v) is 8.51. The quantitative estimate of drug-likeness (QED) is 0.391. The number of amides is 1. The summed E-state index contributed by atoms with van der Waals surface area (Å²) in [6, 6.07) is 15.6. The zero-order chi connectivity index (χ0) is 20.7. The molecule has 0 fully saturated rings. The fourth-order valence-corrected chi connectivity index (χ4v) is 4.21. The van der Waals surface area contributed by atoms with Crippen molar-refractivity contribution in [2.75, 3.05) is 25.6 Å². The number of nitrogens with one attached hydrogen (secondary N) is 2. The lowest BCUT2D eigenvalue weighted by molar-refractivity contribution is 0.102. The predicted octanol–water partition coefficient (Wildman–Crippen LogP) is 2.16. The van der Waals surface area contributed by atoms with E-state index in [9.17, 15) is 13.2 Å². The fourth-order valence-electron chi connectivity index (χ4n) is 2.26. The van der Waals surface area contributed by atoms with Crippen LogP contribution >= 0.6 is 11.3 Å². The van der Waals surface area contributed by atoms with E-state index in [4.69, 9.17) is 9.47 Å². The van der Waals surface area contributed by atoms with Crippen LogP contribution in [0.4, 0.5) is 5.13 Å². The summed E-state index contributed by atoms with van der Waals surface area (Å²) in [7, 11) is -2.36. The molecular formula is C18H18N4O5S2. The maximum absolute atomic E-state index is 12.3. The topological polar surface area (TPSA) is 120 Å². The number of hydrogen-bond acceptors (Lipinski definition) is 8. The molecule has 11 heteroatoms. The molecule has 1 amide bonds. The van der Waals surface area contributed by atoms with Crippen LogP contribution in [0.2, 0.25) is 0 Å². The Hall–Kier alpha value is -3.02. The minimum Gasteiger partial charge on any atom is -0.493 e. The molecule has 29 heavy (non-hydrogen) atoms. The van der Waals surface area contributed by atoms with Crippen LogP contribution in [-0.2, 0) is 10.0 Å². The summed E-state index contributed by atoms with van der Waals surface area (Å²) in [5.74, 6) is 0.665. The molecule has 0 aliphatic rings. The molecule has 2 aromatic carbocycles. The van der Waals surface area contributed by atoms with E-state index in [0.717, 1.165) is 11.3 Å². The molecule has 0 unspecified atom stereocenters.